The molecule has 1 fully saturated rings. The van der Waals surface area contributed by atoms with E-state index in [0.29, 0.717) is 6.54 Å². The van der Waals surface area contributed by atoms with Gasteiger partial charge in [0.15, 0.2) is 0 Å². The Morgan fingerprint density at radius 2 is 1.85 bits per heavy atom. The van der Waals surface area contributed by atoms with Crippen LogP contribution < -0.4 is 5.32 Å². The van der Waals surface area contributed by atoms with Crippen LogP contribution in [-0.2, 0) is 6.42 Å². The van der Waals surface area contributed by atoms with Gasteiger partial charge in [0.1, 0.15) is 0 Å². The third-order valence-corrected chi connectivity index (χ3v) is 3.98. The van der Waals surface area contributed by atoms with E-state index < -0.39 is 5.60 Å². The smallest absolute Gasteiger partial charge is 0.269 e. The highest BCUT2D eigenvalue weighted by Gasteiger charge is 2.28. The van der Waals surface area contributed by atoms with Gasteiger partial charge in [-0.2, -0.15) is 0 Å². The van der Waals surface area contributed by atoms with Crippen LogP contribution in [0.1, 0.15) is 37.7 Å². The van der Waals surface area contributed by atoms with E-state index in [2.05, 4.69) is 5.32 Å². The largest absolute Gasteiger partial charge is 0.389 e. The van der Waals surface area contributed by atoms with E-state index in [9.17, 15) is 15.2 Å². The Balaban J connectivity index is 1.71. The van der Waals surface area contributed by atoms with Crippen molar-refractivity contribution in [3.05, 3.63) is 39.9 Å². The number of nitrogens with one attached hydrogen (secondary N) is 1. The van der Waals surface area contributed by atoms with Gasteiger partial charge in [-0.05, 0) is 31.4 Å². The maximum absolute atomic E-state index is 10.5. The van der Waals surface area contributed by atoms with Gasteiger partial charge >= 0.3 is 0 Å². The summed E-state index contributed by atoms with van der Waals surface area (Å²) in [4.78, 5) is 10.2. The maximum atomic E-state index is 10.5. The van der Waals surface area contributed by atoms with Crippen LogP contribution in [0.25, 0.3) is 0 Å². The lowest BCUT2D eigenvalue weighted by Crippen LogP contribution is -2.42. The fourth-order valence-corrected chi connectivity index (χ4v) is 2.72. The predicted molar refractivity (Wildman–Crippen MR) is 77.7 cm³/mol. The summed E-state index contributed by atoms with van der Waals surface area (Å²) in [6, 6.07) is 6.64. The first kappa shape index (κ1) is 14.9. The summed E-state index contributed by atoms with van der Waals surface area (Å²) < 4.78 is 0. The van der Waals surface area contributed by atoms with Crippen LogP contribution in [0.5, 0.6) is 0 Å². The third kappa shape index (κ3) is 4.28. The number of nitrogens with zero attached hydrogens (tertiary/aromatic N) is 1. The molecule has 0 aromatic heterocycles. The molecule has 2 rings (SSSR count). The fraction of sp³-hybridized carbons (Fsp3) is 0.600. The molecule has 5 nitrogen and oxygen atoms in total. The minimum Gasteiger partial charge on any atom is -0.389 e. The van der Waals surface area contributed by atoms with E-state index in [4.69, 9.17) is 0 Å². The van der Waals surface area contributed by atoms with E-state index in [-0.39, 0.29) is 10.6 Å². The number of non-ortho nitro benzene ring substituents is 1. The summed E-state index contributed by atoms with van der Waals surface area (Å²) >= 11 is 0. The maximum Gasteiger partial charge on any atom is 0.269 e. The molecule has 0 unspecified atom stereocenters. The molecule has 1 aliphatic rings. The first-order chi connectivity index (χ1) is 9.59. The second kappa shape index (κ2) is 6.81. The molecular weight excluding hydrogens is 256 g/mol. The molecule has 0 atom stereocenters. The third-order valence-electron chi connectivity index (χ3n) is 3.98. The average Bonchev–Trinajstić information content (AvgIpc) is 2.45. The number of aliphatic hydroxyl groups is 1. The Hall–Kier alpha value is -1.46. The van der Waals surface area contributed by atoms with E-state index in [1.165, 1.54) is 18.6 Å². The van der Waals surface area contributed by atoms with Crippen molar-refractivity contribution >= 4 is 5.69 Å². The van der Waals surface area contributed by atoms with Crippen molar-refractivity contribution in [2.75, 3.05) is 13.1 Å². The highest BCUT2D eigenvalue weighted by Crippen LogP contribution is 2.27. The van der Waals surface area contributed by atoms with Crippen molar-refractivity contribution in [3.8, 4) is 0 Å². The normalized spacial score (nSPS) is 17.9. The second-order valence-corrected chi connectivity index (χ2v) is 5.64. The molecule has 0 saturated heterocycles. The summed E-state index contributed by atoms with van der Waals surface area (Å²) in [6.45, 7) is 1.42. The van der Waals surface area contributed by atoms with Gasteiger partial charge in [-0.25, -0.2) is 0 Å². The molecule has 1 aromatic rings. The van der Waals surface area contributed by atoms with Crippen LogP contribution in [0.3, 0.4) is 0 Å². The fourth-order valence-electron chi connectivity index (χ4n) is 2.72. The number of hydrogen-bond acceptors (Lipinski definition) is 4. The van der Waals surface area contributed by atoms with Crippen molar-refractivity contribution < 1.29 is 10.0 Å². The van der Waals surface area contributed by atoms with Crippen LogP contribution in [0.4, 0.5) is 5.69 Å². The van der Waals surface area contributed by atoms with Crippen molar-refractivity contribution in [3.63, 3.8) is 0 Å². The lowest BCUT2D eigenvalue weighted by molar-refractivity contribution is -0.384. The predicted octanol–water partition coefficient (Wildman–Crippen LogP) is 2.42. The molecule has 1 aromatic carbocycles. The number of benzene rings is 1. The van der Waals surface area contributed by atoms with Crippen molar-refractivity contribution in [2.45, 2.75) is 44.1 Å². The summed E-state index contributed by atoms with van der Waals surface area (Å²) in [5.74, 6) is 0. The highest BCUT2D eigenvalue weighted by molar-refractivity contribution is 5.32. The lowest BCUT2D eigenvalue weighted by atomic mass is 9.85. The first-order valence-electron chi connectivity index (χ1n) is 7.26. The second-order valence-electron chi connectivity index (χ2n) is 5.64. The molecule has 0 bridgehead atoms. The molecule has 110 valence electrons. The summed E-state index contributed by atoms with van der Waals surface area (Å²) in [6.07, 6.45) is 6.04. The molecule has 0 amide bonds. The zero-order valence-electron chi connectivity index (χ0n) is 11.7. The summed E-state index contributed by atoms with van der Waals surface area (Å²) in [5, 5.41) is 24.2. The molecule has 0 spiro atoms. The van der Waals surface area contributed by atoms with E-state index in [1.54, 1.807) is 12.1 Å². The SMILES string of the molecule is O=[N+]([O-])c1ccc(CCNCC2(O)CCCCC2)cc1. The first-order valence-corrected chi connectivity index (χ1v) is 7.26. The Kier molecular flexibility index (Phi) is 5.09. The van der Waals surface area contributed by atoms with Gasteiger partial charge in [0.25, 0.3) is 5.69 Å². The zero-order chi connectivity index (χ0) is 14.4. The van der Waals surface area contributed by atoms with Crippen LogP contribution in [0, 0.1) is 10.1 Å². The van der Waals surface area contributed by atoms with Gasteiger partial charge in [0.05, 0.1) is 10.5 Å². The molecule has 2 N–H and O–H groups in total. The van der Waals surface area contributed by atoms with Crippen LogP contribution >= 0.6 is 0 Å². The Morgan fingerprint density at radius 1 is 1.20 bits per heavy atom. The van der Waals surface area contributed by atoms with E-state index >= 15 is 0 Å². The topological polar surface area (TPSA) is 75.4 Å². The Labute approximate surface area is 119 Å². The minimum absolute atomic E-state index is 0.123. The molecule has 0 heterocycles. The Bertz CT molecular complexity index is 439. The molecular formula is C15H22N2O3. The van der Waals surface area contributed by atoms with Crippen molar-refractivity contribution in [1.82, 2.24) is 5.32 Å². The van der Waals surface area contributed by atoms with Gasteiger partial charge in [-0.1, -0.05) is 31.4 Å². The Morgan fingerprint density at radius 3 is 2.45 bits per heavy atom. The standard InChI is InChI=1S/C15H22N2O3/c18-15(9-2-1-3-10-15)12-16-11-8-13-4-6-14(7-5-13)17(19)20/h4-7,16,18H,1-3,8-12H2. The van der Waals surface area contributed by atoms with Gasteiger partial charge in [-0.15, -0.1) is 0 Å². The van der Waals surface area contributed by atoms with Gasteiger partial charge in [0.2, 0.25) is 0 Å². The van der Waals surface area contributed by atoms with E-state index in [1.807, 2.05) is 0 Å². The highest BCUT2D eigenvalue weighted by atomic mass is 16.6. The van der Waals surface area contributed by atoms with Gasteiger partial charge in [-0.3, -0.25) is 10.1 Å². The zero-order valence-corrected chi connectivity index (χ0v) is 11.7. The summed E-state index contributed by atoms with van der Waals surface area (Å²) in [7, 11) is 0. The van der Waals surface area contributed by atoms with E-state index in [0.717, 1.165) is 44.2 Å². The van der Waals surface area contributed by atoms with Crippen LogP contribution in [0.15, 0.2) is 24.3 Å². The average molecular weight is 278 g/mol. The number of hydrogen-bond donors (Lipinski definition) is 2. The number of nitro groups is 1. The molecule has 5 heteroatoms. The number of nitro benzene ring substituents is 1. The van der Waals surface area contributed by atoms with Crippen LogP contribution in [-0.4, -0.2) is 28.7 Å². The molecule has 0 radical (unpaired) electrons. The van der Waals surface area contributed by atoms with Crippen molar-refractivity contribution in [1.29, 1.82) is 0 Å². The minimum atomic E-state index is -0.534. The van der Waals surface area contributed by atoms with Gasteiger partial charge < -0.3 is 10.4 Å². The van der Waals surface area contributed by atoms with Crippen molar-refractivity contribution in [2.24, 2.45) is 0 Å². The quantitative estimate of drug-likeness (QED) is 0.476. The lowest BCUT2D eigenvalue weighted by Gasteiger charge is -2.32. The monoisotopic (exact) mass is 278 g/mol. The number of rotatable bonds is 6. The molecule has 0 aliphatic heterocycles. The molecule has 1 saturated carbocycles. The van der Waals surface area contributed by atoms with Crippen LogP contribution in [0.2, 0.25) is 0 Å². The molecule has 1 aliphatic carbocycles. The summed E-state index contributed by atoms with van der Waals surface area (Å²) in [5.41, 5.74) is 0.658. The molecule has 20 heavy (non-hydrogen) atoms. The van der Waals surface area contributed by atoms with Gasteiger partial charge in [0, 0.05) is 18.7 Å².